The number of anilines is 1. The zero-order valence-corrected chi connectivity index (χ0v) is 17.3. The summed E-state index contributed by atoms with van der Waals surface area (Å²) in [6.07, 6.45) is 3.46. The fourth-order valence-electron chi connectivity index (χ4n) is 4.08. The van der Waals surface area contributed by atoms with Gasteiger partial charge in [-0.2, -0.15) is 0 Å². The van der Waals surface area contributed by atoms with Gasteiger partial charge in [0.1, 0.15) is 17.7 Å². The van der Waals surface area contributed by atoms with E-state index in [2.05, 4.69) is 10.3 Å². The molecule has 0 saturated carbocycles. The third-order valence-corrected chi connectivity index (χ3v) is 5.75. The van der Waals surface area contributed by atoms with Crippen LogP contribution in [0.25, 0.3) is 0 Å². The molecule has 2 aliphatic rings. The number of nitrogens with one attached hydrogen (secondary N) is 1. The molecule has 8 nitrogen and oxygen atoms in total. The second-order valence-corrected chi connectivity index (χ2v) is 7.84. The summed E-state index contributed by atoms with van der Waals surface area (Å²) in [5, 5.41) is 2.97. The lowest BCUT2D eigenvalue weighted by atomic mass is 10.0. The normalized spacial score (nSPS) is 18.1. The smallest absolute Gasteiger partial charge is 0.231 e. The molecule has 1 saturated heterocycles. The van der Waals surface area contributed by atoms with Crippen LogP contribution < -0.4 is 19.7 Å². The highest BCUT2D eigenvalue weighted by atomic mass is 19.1. The highest BCUT2D eigenvalue weighted by Crippen LogP contribution is 2.37. The van der Waals surface area contributed by atoms with Crippen molar-refractivity contribution in [3.63, 3.8) is 0 Å². The van der Waals surface area contributed by atoms with Crippen molar-refractivity contribution in [2.75, 3.05) is 18.2 Å². The van der Waals surface area contributed by atoms with Gasteiger partial charge in [0.25, 0.3) is 0 Å². The van der Waals surface area contributed by atoms with Gasteiger partial charge in [0.05, 0.1) is 5.92 Å². The van der Waals surface area contributed by atoms with Gasteiger partial charge >= 0.3 is 0 Å². The van der Waals surface area contributed by atoms with Gasteiger partial charge in [-0.1, -0.05) is 12.1 Å². The van der Waals surface area contributed by atoms with Crippen LogP contribution in [-0.4, -0.2) is 34.7 Å². The number of aromatic nitrogens is 2. The van der Waals surface area contributed by atoms with Crippen molar-refractivity contribution in [2.24, 2.45) is 13.0 Å². The predicted molar refractivity (Wildman–Crippen MR) is 113 cm³/mol. The summed E-state index contributed by atoms with van der Waals surface area (Å²) in [6.45, 7) is 0.382. The lowest BCUT2D eigenvalue weighted by Gasteiger charge is -2.21. The van der Waals surface area contributed by atoms with Crippen LogP contribution >= 0.6 is 0 Å². The second-order valence-electron chi connectivity index (χ2n) is 7.84. The lowest BCUT2D eigenvalue weighted by molar-refractivity contribution is -0.126. The first-order valence-corrected chi connectivity index (χ1v) is 10.2. The Bertz CT molecular complexity index is 1190. The molecule has 5 rings (SSSR count). The minimum atomic E-state index is -0.645. The number of carbonyl (C=O) groups excluding carboxylic acids is 2. The van der Waals surface area contributed by atoms with Crippen LogP contribution in [0.15, 0.2) is 54.9 Å². The summed E-state index contributed by atoms with van der Waals surface area (Å²) in [4.78, 5) is 31.8. The predicted octanol–water partition coefficient (Wildman–Crippen LogP) is 2.55. The average molecular weight is 436 g/mol. The zero-order valence-electron chi connectivity index (χ0n) is 17.3. The number of aryl methyl sites for hydroxylation is 1. The number of amides is 2. The van der Waals surface area contributed by atoms with E-state index in [0.717, 1.165) is 0 Å². The number of hydrogen-bond donors (Lipinski definition) is 1. The summed E-state index contributed by atoms with van der Waals surface area (Å²) in [5.41, 5.74) is 1.23. The highest BCUT2D eigenvalue weighted by Gasteiger charge is 2.37. The molecule has 164 valence electrons. The number of halogens is 1. The van der Waals surface area contributed by atoms with Gasteiger partial charge < -0.3 is 24.3 Å². The van der Waals surface area contributed by atoms with Crippen molar-refractivity contribution >= 4 is 17.5 Å². The molecule has 0 spiro atoms. The first kappa shape index (κ1) is 20.0. The number of hydrogen-bond acceptors (Lipinski definition) is 5. The van der Waals surface area contributed by atoms with Crippen LogP contribution in [0.3, 0.4) is 0 Å². The van der Waals surface area contributed by atoms with Crippen LogP contribution in [0.5, 0.6) is 11.5 Å². The summed E-state index contributed by atoms with van der Waals surface area (Å²) in [7, 11) is 1.81. The summed E-state index contributed by atoms with van der Waals surface area (Å²) in [6, 6.07) is 10.7. The molecule has 1 aromatic heterocycles. The molecular weight excluding hydrogens is 415 g/mol. The molecule has 2 amide bonds. The quantitative estimate of drug-likeness (QED) is 0.665. The molecule has 1 fully saturated rings. The van der Waals surface area contributed by atoms with Crippen molar-refractivity contribution in [3.8, 4) is 11.5 Å². The zero-order chi connectivity index (χ0) is 22.2. The van der Waals surface area contributed by atoms with Gasteiger partial charge in [0.15, 0.2) is 11.5 Å². The largest absolute Gasteiger partial charge is 0.454 e. The fraction of sp³-hybridized carbons (Fsp3) is 0.261. The summed E-state index contributed by atoms with van der Waals surface area (Å²) >= 11 is 0. The molecule has 0 bridgehead atoms. The topological polar surface area (TPSA) is 85.7 Å². The molecule has 1 N–H and O–H groups in total. The molecule has 2 atom stereocenters. The number of ether oxygens (including phenoxy) is 2. The van der Waals surface area contributed by atoms with Gasteiger partial charge in [-0.15, -0.1) is 0 Å². The fourth-order valence-corrected chi connectivity index (χ4v) is 4.08. The Hall–Kier alpha value is -3.88. The Morgan fingerprint density at radius 1 is 1.22 bits per heavy atom. The number of fused-ring (bicyclic) bond motifs is 1. The molecule has 3 aromatic rings. The third-order valence-electron chi connectivity index (χ3n) is 5.75. The Morgan fingerprint density at radius 3 is 2.84 bits per heavy atom. The summed E-state index contributed by atoms with van der Waals surface area (Å²) in [5.74, 6) is 0.375. The van der Waals surface area contributed by atoms with E-state index >= 15 is 0 Å². The van der Waals surface area contributed by atoms with Gasteiger partial charge in [-0.3, -0.25) is 9.59 Å². The van der Waals surface area contributed by atoms with Crippen molar-refractivity contribution < 1.29 is 23.5 Å². The van der Waals surface area contributed by atoms with E-state index in [1.807, 2.05) is 0 Å². The maximum Gasteiger partial charge on any atom is 0.231 e. The van der Waals surface area contributed by atoms with E-state index in [1.165, 1.54) is 12.1 Å². The van der Waals surface area contributed by atoms with E-state index in [0.29, 0.717) is 28.6 Å². The minimum absolute atomic E-state index is 0.0801. The Morgan fingerprint density at radius 2 is 2.06 bits per heavy atom. The minimum Gasteiger partial charge on any atom is -0.454 e. The number of rotatable bonds is 5. The van der Waals surface area contributed by atoms with E-state index in [-0.39, 0.29) is 31.6 Å². The number of nitrogens with zero attached hydrogens (tertiary/aromatic N) is 3. The van der Waals surface area contributed by atoms with Gasteiger partial charge in [-0.25, -0.2) is 9.37 Å². The maximum atomic E-state index is 13.9. The van der Waals surface area contributed by atoms with Gasteiger partial charge in [0.2, 0.25) is 18.6 Å². The van der Waals surface area contributed by atoms with Crippen LogP contribution in [-0.2, 0) is 16.6 Å². The van der Waals surface area contributed by atoms with E-state index < -0.39 is 17.8 Å². The Balaban J connectivity index is 1.36. The molecule has 3 heterocycles. The maximum absolute atomic E-state index is 13.9. The van der Waals surface area contributed by atoms with E-state index in [1.54, 1.807) is 59.2 Å². The molecule has 2 aromatic carbocycles. The Labute approximate surface area is 183 Å². The first-order valence-electron chi connectivity index (χ1n) is 10.2. The van der Waals surface area contributed by atoms with Crippen LogP contribution in [0.1, 0.15) is 23.9 Å². The molecule has 9 heteroatoms. The monoisotopic (exact) mass is 436 g/mol. The molecular formula is C23H21FN4O4. The average Bonchev–Trinajstić information content (AvgIpc) is 3.51. The van der Waals surface area contributed by atoms with E-state index in [9.17, 15) is 14.0 Å². The molecule has 0 radical (unpaired) electrons. The summed E-state index contributed by atoms with van der Waals surface area (Å²) < 4.78 is 26.4. The second kappa shape index (κ2) is 7.99. The van der Waals surface area contributed by atoms with Crippen LogP contribution in [0.4, 0.5) is 10.1 Å². The SMILES string of the molecule is Cn1ccnc1[C@@H](NC(=O)[C@@H]1CC(=O)N(c2ccc3c(c2)OCO3)C1)c1cccc(F)c1. The van der Waals surface area contributed by atoms with Gasteiger partial charge in [0, 0.05) is 44.2 Å². The highest BCUT2D eigenvalue weighted by molar-refractivity contribution is 6.00. The number of carbonyl (C=O) groups is 2. The first-order chi connectivity index (χ1) is 15.5. The van der Waals surface area contributed by atoms with Crippen molar-refractivity contribution in [1.29, 1.82) is 0 Å². The molecule has 2 aliphatic heterocycles. The van der Waals surface area contributed by atoms with Crippen LogP contribution in [0, 0.1) is 11.7 Å². The third kappa shape index (κ3) is 3.66. The molecule has 32 heavy (non-hydrogen) atoms. The standard InChI is InChI=1S/C23H21FN4O4/c1-27-8-7-25-22(27)21(14-3-2-4-16(24)9-14)26-23(30)15-10-20(29)28(12-15)17-5-6-18-19(11-17)32-13-31-18/h2-9,11,15,21H,10,12-13H2,1H3,(H,26,30)/t15-,21+/m1/s1. The van der Waals surface area contributed by atoms with Crippen molar-refractivity contribution in [2.45, 2.75) is 12.5 Å². The van der Waals surface area contributed by atoms with Gasteiger partial charge in [-0.05, 0) is 29.8 Å². The lowest BCUT2D eigenvalue weighted by Crippen LogP contribution is -2.37. The van der Waals surface area contributed by atoms with E-state index in [4.69, 9.17) is 9.47 Å². The Kier molecular flexibility index (Phi) is 5.01. The number of imidazole rings is 1. The molecule has 0 aliphatic carbocycles. The number of benzene rings is 2. The van der Waals surface area contributed by atoms with Crippen molar-refractivity contribution in [1.82, 2.24) is 14.9 Å². The van der Waals surface area contributed by atoms with Crippen LogP contribution in [0.2, 0.25) is 0 Å². The molecule has 0 unspecified atom stereocenters. The van der Waals surface area contributed by atoms with Crippen molar-refractivity contribution in [3.05, 3.63) is 72.1 Å².